The Hall–Kier alpha value is -1.88. The van der Waals surface area contributed by atoms with Crippen LogP contribution in [0.25, 0.3) is 0 Å². The van der Waals surface area contributed by atoms with E-state index < -0.39 is 6.10 Å². The zero-order chi connectivity index (χ0) is 20.7. The molecule has 3 atom stereocenters. The Kier molecular flexibility index (Phi) is 5.59. The second-order valence-electron chi connectivity index (χ2n) is 10.2. The van der Waals surface area contributed by atoms with E-state index in [4.69, 9.17) is 0 Å². The molecular weight excluding hydrogens is 352 g/mol. The SMILES string of the molecule is CC(C)(C)c1cccc(C(=O)N2C[C@H](O)C[C@H]2CNC(=O)CC2CC2(C)C)c1. The average molecular weight is 387 g/mol. The minimum atomic E-state index is -0.543. The van der Waals surface area contributed by atoms with Gasteiger partial charge in [0.25, 0.3) is 5.91 Å². The second kappa shape index (κ2) is 7.51. The average Bonchev–Trinajstić information content (AvgIpc) is 3.02. The van der Waals surface area contributed by atoms with Gasteiger partial charge in [-0.2, -0.15) is 0 Å². The number of rotatable bonds is 5. The van der Waals surface area contributed by atoms with Crippen LogP contribution in [0.3, 0.4) is 0 Å². The molecule has 154 valence electrons. The van der Waals surface area contributed by atoms with Crippen LogP contribution in [0.15, 0.2) is 24.3 Å². The summed E-state index contributed by atoms with van der Waals surface area (Å²) >= 11 is 0. The molecule has 2 aliphatic rings. The lowest BCUT2D eigenvalue weighted by Gasteiger charge is -2.26. The van der Waals surface area contributed by atoms with Gasteiger partial charge in [-0.25, -0.2) is 0 Å². The number of likely N-dealkylation sites (tertiary alicyclic amines) is 1. The number of nitrogens with zero attached hydrogens (tertiary/aromatic N) is 1. The first-order valence-corrected chi connectivity index (χ1v) is 10.3. The maximum Gasteiger partial charge on any atom is 0.254 e. The molecule has 28 heavy (non-hydrogen) atoms. The molecule has 1 heterocycles. The van der Waals surface area contributed by atoms with E-state index in [0.29, 0.717) is 37.4 Å². The van der Waals surface area contributed by atoms with Crippen molar-refractivity contribution >= 4 is 11.8 Å². The molecule has 1 unspecified atom stereocenters. The predicted molar refractivity (Wildman–Crippen MR) is 110 cm³/mol. The molecule has 1 saturated carbocycles. The third kappa shape index (κ3) is 4.75. The molecule has 2 N–H and O–H groups in total. The molecule has 2 fully saturated rings. The van der Waals surface area contributed by atoms with Gasteiger partial charge in [0.05, 0.1) is 12.1 Å². The number of aliphatic hydroxyl groups excluding tert-OH is 1. The normalized spacial score (nSPS) is 26.2. The Morgan fingerprint density at radius 3 is 2.57 bits per heavy atom. The molecule has 3 rings (SSSR count). The molecule has 0 aromatic heterocycles. The highest BCUT2D eigenvalue weighted by atomic mass is 16.3. The minimum Gasteiger partial charge on any atom is -0.391 e. The number of carbonyl (C=O) groups excluding carboxylic acids is 2. The van der Waals surface area contributed by atoms with E-state index in [1.54, 1.807) is 4.90 Å². The summed E-state index contributed by atoms with van der Waals surface area (Å²) in [6.07, 6.45) is 1.60. The van der Waals surface area contributed by atoms with Gasteiger partial charge in [0.15, 0.2) is 0 Å². The minimum absolute atomic E-state index is 0.0369. The number of carbonyl (C=O) groups is 2. The molecule has 1 aliphatic heterocycles. The number of benzene rings is 1. The summed E-state index contributed by atoms with van der Waals surface area (Å²) in [5, 5.41) is 13.1. The fraction of sp³-hybridized carbons (Fsp3) is 0.652. The van der Waals surface area contributed by atoms with Crippen LogP contribution in [0.1, 0.15) is 69.8 Å². The van der Waals surface area contributed by atoms with Gasteiger partial charge >= 0.3 is 0 Å². The fourth-order valence-electron chi connectivity index (χ4n) is 4.07. The van der Waals surface area contributed by atoms with Crippen LogP contribution in [0, 0.1) is 11.3 Å². The van der Waals surface area contributed by atoms with Crippen molar-refractivity contribution in [3.05, 3.63) is 35.4 Å². The van der Waals surface area contributed by atoms with Crippen molar-refractivity contribution in [2.75, 3.05) is 13.1 Å². The zero-order valence-corrected chi connectivity index (χ0v) is 17.8. The standard InChI is InChI=1S/C23H34N2O3/c1-22(2,3)16-8-6-7-15(9-16)21(28)25-14-19(26)11-18(25)13-24-20(27)10-17-12-23(17,4)5/h6-9,17-19,26H,10-14H2,1-5H3,(H,24,27)/t17?,18-,19+/m0/s1. The quantitative estimate of drug-likeness (QED) is 0.817. The smallest absolute Gasteiger partial charge is 0.254 e. The summed E-state index contributed by atoms with van der Waals surface area (Å²) in [7, 11) is 0. The molecule has 1 aromatic carbocycles. The zero-order valence-electron chi connectivity index (χ0n) is 17.8. The maximum atomic E-state index is 13.1. The van der Waals surface area contributed by atoms with Gasteiger partial charge in [0.1, 0.15) is 0 Å². The fourth-order valence-corrected chi connectivity index (χ4v) is 4.07. The van der Waals surface area contributed by atoms with E-state index in [9.17, 15) is 14.7 Å². The second-order valence-corrected chi connectivity index (χ2v) is 10.2. The third-order valence-corrected chi connectivity index (χ3v) is 6.31. The molecule has 0 spiro atoms. The van der Waals surface area contributed by atoms with Crippen LogP contribution < -0.4 is 5.32 Å². The van der Waals surface area contributed by atoms with Crippen molar-refractivity contribution in [2.24, 2.45) is 11.3 Å². The summed E-state index contributed by atoms with van der Waals surface area (Å²) in [5.74, 6) is 0.420. The molecule has 1 aromatic rings. The number of aliphatic hydroxyl groups is 1. The summed E-state index contributed by atoms with van der Waals surface area (Å²) in [6.45, 7) is 11.4. The van der Waals surface area contributed by atoms with Crippen LogP contribution in [-0.4, -0.2) is 47.1 Å². The molecule has 1 saturated heterocycles. The van der Waals surface area contributed by atoms with Crippen LogP contribution in [0.5, 0.6) is 0 Å². The Morgan fingerprint density at radius 2 is 1.96 bits per heavy atom. The van der Waals surface area contributed by atoms with E-state index in [-0.39, 0.29) is 28.7 Å². The van der Waals surface area contributed by atoms with E-state index >= 15 is 0 Å². The van der Waals surface area contributed by atoms with Gasteiger partial charge in [-0.05, 0) is 47.3 Å². The lowest BCUT2D eigenvalue weighted by molar-refractivity contribution is -0.121. The number of hydrogen-bond acceptors (Lipinski definition) is 3. The van der Waals surface area contributed by atoms with Gasteiger partial charge in [-0.1, -0.05) is 46.8 Å². The van der Waals surface area contributed by atoms with Gasteiger partial charge in [0.2, 0.25) is 5.91 Å². The summed E-state index contributed by atoms with van der Waals surface area (Å²) in [5.41, 5.74) is 1.98. The number of β-amino-alcohol motifs (C(OH)–C–C–N with tert-alkyl or cyclic N) is 1. The van der Waals surface area contributed by atoms with Crippen molar-refractivity contribution in [1.29, 1.82) is 0 Å². The first kappa shape index (κ1) is 20.8. The third-order valence-electron chi connectivity index (χ3n) is 6.31. The molecule has 5 nitrogen and oxygen atoms in total. The van der Waals surface area contributed by atoms with Crippen LogP contribution in [0.2, 0.25) is 0 Å². The van der Waals surface area contributed by atoms with E-state index in [1.807, 2.05) is 24.3 Å². The Morgan fingerprint density at radius 1 is 1.29 bits per heavy atom. The summed E-state index contributed by atoms with van der Waals surface area (Å²) < 4.78 is 0. The van der Waals surface area contributed by atoms with Crippen molar-refractivity contribution in [1.82, 2.24) is 10.2 Å². The summed E-state index contributed by atoms with van der Waals surface area (Å²) in [6, 6.07) is 7.54. The largest absolute Gasteiger partial charge is 0.391 e. The molecule has 5 heteroatoms. The lowest BCUT2D eigenvalue weighted by Crippen LogP contribution is -2.43. The van der Waals surface area contributed by atoms with Gasteiger partial charge in [-0.15, -0.1) is 0 Å². The number of nitrogens with one attached hydrogen (secondary N) is 1. The van der Waals surface area contributed by atoms with Crippen molar-refractivity contribution in [3.63, 3.8) is 0 Å². The maximum absolute atomic E-state index is 13.1. The number of hydrogen-bond donors (Lipinski definition) is 2. The van der Waals surface area contributed by atoms with Crippen molar-refractivity contribution < 1.29 is 14.7 Å². The molecule has 1 aliphatic carbocycles. The first-order valence-electron chi connectivity index (χ1n) is 10.3. The highest BCUT2D eigenvalue weighted by molar-refractivity contribution is 5.95. The van der Waals surface area contributed by atoms with Gasteiger partial charge in [-0.3, -0.25) is 9.59 Å². The highest BCUT2D eigenvalue weighted by Gasteiger charge is 2.46. The lowest BCUT2D eigenvalue weighted by atomic mass is 9.86. The topological polar surface area (TPSA) is 69.6 Å². The Bertz CT molecular complexity index is 750. The van der Waals surface area contributed by atoms with E-state index in [2.05, 4.69) is 39.9 Å². The molecule has 2 amide bonds. The Labute approximate surface area is 168 Å². The van der Waals surface area contributed by atoms with E-state index in [1.165, 1.54) is 0 Å². The van der Waals surface area contributed by atoms with Gasteiger partial charge < -0.3 is 15.3 Å². The summed E-state index contributed by atoms with van der Waals surface area (Å²) in [4.78, 5) is 27.1. The van der Waals surface area contributed by atoms with Crippen LogP contribution in [0.4, 0.5) is 0 Å². The van der Waals surface area contributed by atoms with Crippen LogP contribution >= 0.6 is 0 Å². The van der Waals surface area contributed by atoms with Crippen molar-refractivity contribution in [3.8, 4) is 0 Å². The van der Waals surface area contributed by atoms with Gasteiger partial charge in [0, 0.05) is 25.1 Å². The number of amides is 2. The predicted octanol–water partition coefficient (Wildman–Crippen LogP) is 3.11. The first-order chi connectivity index (χ1) is 13.0. The Balaban J connectivity index is 1.63. The molecule has 0 bridgehead atoms. The van der Waals surface area contributed by atoms with Crippen LogP contribution in [-0.2, 0) is 10.2 Å². The molecular formula is C23H34N2O3. The van der Waals surface area contributed by atoms with Crippen molar-refractivity contribution in [2.45, 2.75) is 71.4 Å². The molecule has 0 radical (unpaired) electrons. The highest BCUT2D eigenvalue weighted by Crippen LogP contribution is 2.53. The van der Waals surface area contributed by atoms with E-state index in [0.717, 1.165) is 12.0 Å². The monoisotopic (exact) mass is 386 g/mol.